The van der Waals surface area contributed by atoms with E-state index in [1.807, 2.05) is 21.1 Å². The van der Waals surface area contributed by atoms with Gasteiger partial charge in [-0.2, -0.15) is 0 Å². The Balaban J connectivity index is 4.38. The molecule has 0 aliphatic carbocycles. The predicted octanol–water partition coefficient (Wildman–Crippen LogP) is 12.3. The van der Waals surface area contributed by atoms with Crippen molar-refractivity contribution in [3.05, 3.63) is 36.5 Å². The Kier molecular flexibility index (Phi) is 37.5. The van der Waals surface area contributed by atoms with E-state index in [1.54, 1.807) is 0 Å². The van der Waals surface area contributed by atoms with E-state index in [0.717, 1.165) is 57.8 Å². The van der Waals surface area contributed by atoms with E-state index in [9.17, 15) is 19.0 Å². The molecular weight excluding hydrogens is 725 g/mol. The summed E-state index contributed by atoms with van der Waals surface area (Å²) in [5.74, 6) is -0.855. The van der Waals surface area contributed by atoms with Gasteiger partial charge in [0, 0.05) is 12.8 Å². The maximum absolute atomic E-state index is 12.7. The molecule has 10 heteroatoms. The molecule has 9 nitrogen and oxygen atoms in total. The number of allylic oxidation sites excluding steroid dienone is 6. The summed E-state index contributed by atoms with van der Waals surface area (Å²) in [5.41, 5.74) is 0. The molecule has 0 N–H and O–H groups in total. The topological polar surface area (TPSA) is 111 Å². The second kappa shape index (κ2) is 38.7. The molecule has 0 saturated carbocycles. The minimum atomic E-state index is -4.63. The monoisotopic (exact) mass is 812 g/mol. The molecule has 0 saturated heterocycles. The number of phosphoric acid groups is 1. The molecular formula is C46H86NO8P. The van der Waals surface area contributed by atoms with Crippen molar-refractivity contribution in [3.63, 3.8) is 0 Å². The second-order valence-corrected chi connectivity index (χ2v) is 17.8. The Morgan fingerprint density at radius 2 is 0.964 bits per heavy atom. The summed E-state index contributed by atoms with van der Waals surface area (Å²) in [4.78, 5) is 37.5. The van der Waals surface area contributed by atoms with Crippen LogP contribution in [0.4, 0.5) is 0 Å². The van der Waals surface area contributed by atoms with Crippen LogP contribution in [-0.4, -0.2) is 70.0 Å². The van der Waals surface area contributed by atoms with Crippen molar-refractivity contribution in [3.8, 4) is 0 Å². The molecule has 0 aliphatic rings. The summed E-state index contributed by atoms with van der Waals surface area (Å²) in [7, 11) is 1.15. The SMILES string of the molecule is CCCCC/C=C\C/C=C\C/C=C\CCCCCCC(=O)OC(COC(=O)CCCCCCCCCCCCCCCCC)COP(=O)([O-])OCC[N+](C)(C)C. The summed E-state index contributed by atoms with van der Waals surface area (Å²) >= 11 is 0. The summed E-state index contributed by atoms with van der Waals surface area (Å²) in [6, 6.07) is 0. The van der Waals surface area contributed by atoms with Gasteiger partial charge in [0.25, 0.3) is 7.82 Å². The zero-order chi connectivity index (χ0) is 41.4. The molecule has 0 rings (SSSR count). The van der Waals surface area contributed by atoms with Gasteiger partial charge in [0.15, 0.2) is 6.10 Å². The highest BCUT2D eigenvalue weighted by atomic mass is 31.2. The number of carbonyl (C=O) groups is 2. The van der Waals surface area contributed by atoms with Gasteiger partial charge in [0.2, 0.25) is 0 Å². The fourth-order valence-corrected chi connectivity index (χ4v) is 6.80. The van der Waals surface area contributed by atoms with Crippen LogP contribution in [0.2, 0.25) is 0 Å². The lowest BCUT2D eigenvalue weighted by Gasteiger charge is -2.28. The number of unbranched alkanes of at least 4 members (excludes halogenated alkanes) is 21. The largest absolute Gasteiger partial charge is 0.756 e. The molecule has 0 fully saturated rings. The van der Waals surface area contributed by atoms with E-state index in [2.05, 4.69) is 50.3 Å². The summed E-state index contributed by atoms with van der Waals surface area (Å²) < 4.78 is 33.9. The van der Waals surface area contributed by atoms with E-state index < -0.39 is 26.5 Å². The molecule has 0 aromatic rings. The molecule has 0 aliphatic heterocycles. The Labute approximate surface area is 344 Å². The molecule has 0 amide bonds. The maximum Gasteiger partial charge on any atom is 0.306 e. The van der Waals surface area contributed by atoms with Crippen molar-refractivity contribution >= 4 is 19.8 Å². The number of ether oxygens (including phenoxy) is 2. The number of esters is 2. The van der Waals surface area contributed by atoms with Crippen LogP contribution in [0.15, 0.2) is 36.5 Å². The number of likely N-dealkylation sites (N-methyl/N-ethyl adjacent to an activating group) is 1. The first kappa shape index (κ1) is 54.2. The molecule has 0 radical (unpaired) electrons. The van der Waals surface area contributed by atoms with Crippen LogP contribution < -0.4 is 4.89 Å². The lowest BCUT2D eigenvalue weighted by molar-refractivity contribution is -0.870. The standard InChI is InChI=1S/C46H86NO8P/c1-6-8-10-12-14-16-18-20-22-23-25-27-29-31-33-35-37-39-46(49)55-44(43-54-56(50,51)53-41-40-47(3,4)5)42-52-45(48)38-36-34-32-30-28-26-24-21-19-17-15-13-11-9-7-2/h14,16,20,22,25,27,44H,6-13,15,17-19,21,23-24,26,28-43H2,1-5H3/b16-14-,22-20-,27-25-. The molecule has 0 heterocycles. The fourth-order valence-electron chi connectivity index (χ4n) is 6.07. The van der Waals surface area contributed by atoms with Crippen LogP contribution >= 0.6 is 7.82 Å². The Morgan fingerprint density at radius 3 is 1.46 bits per heavy atom. The third-order valence-electron chi connectivity index (χ3n) is 9.66. The maximum atomic E-state index is 12.7. The lowest BCUT2D eigenvalue weighted by Crippen LogP contribution is -2.37. The third kappa shape index (κ3) is 41.9. The zero-order valence-corrected chi connectivity index (χ0v) is 37.7. The van der Waals surface area contributed by atoms with Gasteiger partial charge in [0.05, 0.1) is 27.7 Å². The number of phosphoric ester groups is 1. The molecule has 0 spiro atoms. The van der Waals surface area contributed by atoms with Crippen molar-refractivity contribution in [2.45, 2.75) is 200 Å². The van der Waals surface area contributed by atoms with Gasteiger partial charge in [0.1, 0.15) is 19.8 Å². The number of hydrogen-bond donors (Lipinski definition) is 0. The Bertz CT molecular complexity index is 1050. The zero-order valence-electron chi connectivity index (χ0n) is 36.8. The van der Waals surface area contributed by atoms with Crippen LogP contribution in [0.1, 0.15) is 194 Å². The number of quaternary nitrogens is 1. The first-order valence-electron chi connectivity index (χ1n) is 22.7. The van der Waals surface area contributed by atoms with Crippen LogP contribution in [-0.2, 0) is 32.7 Å². The van der Waals surface area contributed by atoms with Gasteiger partial charge in [-0.3, -0.25) is 14.2 Å². The van der Waals surface area contributed by atoms with Crippen LogP contribution in [0.5, 0.6) is 0 Å². The molecule has 2 unspecified atom stereocenters. The van der Waals surface area contributed by atoms with E-state index in [4.69, 9.17) is 18.5 Å². The average Bonchev–Trinajstić information content (AvgIpc) is 3.15. The van der Waals surface area contributed by atoms with Gasteiger partial charge < -0.3 is 27.9 Å². The molecule has 2 atom stereocenters. The molecule has 0 aromatic carbocycles. The second-order valence-electron chi connectivity index (χ2n) is 16.4. The predicted molar refractivity (Wildman–Crippen MR) is 231 cm³/mol. The first-order chi connectivity index (χ1) is 27.0. The number of nitrogens with zero attached hydrogens (tertiary/aromatic N) is 1. The van der Waals surface area contributed by atoms with Crippen LogP contribution in [0.25, 0.3) is 0 Å². The summed E-state index contributed by atoms with van der Waals surface area (Å²) in [6.07, 6.45) is 43.1. The van der Waals surface area contributed by atoms with Gasteiger partial charge in [-0.25, -0.2) is 0 Å². The highest BCUT2D eigenvalue weighted by Crippen LogP contribution is 2.38. The van der Waals surface area contributed by atoms with E-state index in [1.165, 1.54) is 103 Å². The molecule has 0 bridgehead atoms. The van der Waals surface area contributed by atoms with Gasteiger partial charge in [-0.1, -0.05) is 166 Å². The van der Waals surface area contributed by atoms with E-state index >= 15 is 0 Å². The van der Waals surface area contributed by atoms with Crippen molar-refractivity contribution < 1.29 is 42.1 Å². The number of rotatable bonds is 41. The smallest absolute Gasteiger partial charge is 0.306 e. The van der Waals surface area contributed by atoms with Crippen molar-refractivity contribution in [2.75, 3.05) is 47.5 Å². The highest BCUT2D eigenvalue weighted by molar-refractivity contribution is 7.45. The Morgan fingerprint density at radius 1 is 0.554 bits per heavy atom. The normalized spacial score (nSPS) is 13.9. The Hall–Kier alpha value is -1.77. The number of carbonyl (C=O) groups excluding carboxylic acids is 2. The van der Waals surface area contributed by atoms with Crippen molar-refractivity contribution in [2.24, 2.45) is 0 Å². The van der Waals surface area contributed by atoms with E-state index in [-0.39, 0.29) is 32.0 Å². The lowest BCUT2D eigenvalue weighted by atomic mass is 10.0. The quantitative estimate of drug-likeness (QED) is 0.0197. The van der Waals surface area contributed by atoms with Crippen molar-refractivity contribution in [1.29, 1.82) is 0 Å². The number of hydrogen-bond acceptors (Lipinski definition) is 8. The minimum Gasteiger partial charge on any atom is -0.756 e. The van der Waals surface area contributed by atoms with Crippen LogP contribution in [0, 0.1) is 0 Å². The molecule has 0 aromatic heterocycles. The third-order valence-corrected chi connectivity index (χ3v) is 10.6. The minimum absolute atomic E-state index is 0.0348. The molecule has 56 heavy (non-hydrogen) atoms. The average molecular weight is 812 g/mol. The highest BCUT2D eigenvalue weighted by Gasteiger charge is 2.21. The van der Waals surface area contributed by atoms with Crippen molar-refractivity contribution in [1.82, 2.24) is 0 Å². The fraction of sp³-hybridized carbons (Fsp3) is 0.826. The van der Waals surface area contributed by atoms with E-state index in [0.29, 0.717) is 17.4 Å². The van der Waals surface area contributed by atoms with Gasteiger partial charge in [-0.05, 0) is 51.4 Å². The van der Waals surface area contributed by atoms with Gasteiger partial charge in [-0.15, -0.1) is 0 Å². The summed E-state index contributed by atoms with van der Waals surface area (Å²) in [6.45, 7) is 4.18. The molecule has 328 valence electrons. The first-order valence-corrected chi connectivity index (χ1v) is 24.2. The summed E-state index contributed by atoms with van der Waals surface area (Å²) in [5, 5.41) is 0. The van der Waals surface area contributed by atoms with Crippen LogP contribution in [0.3, 0.4) is 0 Å². The van der Waals surface area contributed by atoms with Gasteiger partial charge >= 0.3 is 11.9 Å².